The van der Waals surface area contributed by atoms with Crippen molar-refractivity contribution in [1.82, 2.24) is 20.9 Å². The topological polar surface area (TPSA) is 92.4 Å². The summed E-state index contributed by atoms with van der Waals surface area (Å²) in [6.07, 6.45) is 6.58. The summed E-state index contributed by atoms with van der Waals surface area (Å²) in [6, 6.07) is 16.9. The molecule has 4 rings (SSSR count). The largest absolute Gasteiger partial charge is 0.489 e. The molecule has 0 aliphatic heterocycles. The summed E-state index contributed by atoms with van der Waals surface area (Å²) in [6.45, 7) is 6.32. The van der Waals surface area contributed by atoms with Crippen LogP contribution in [0.3, 0.4) is 0 Å². The third kappa shape index (κ3) is 9.75. The number of aromatic nitrogens is 1. The first-order valence-corrected chi connectivity index (χ1v) is 15.2. The van der Waals surface area contributed by atoms with Crippen molar-refractivity contribution in [1.29, 1.82) is 0 Å². The van der Waals surface area contributed by atoms with Crippen LogP contribution in [0.25, 0.3) is 0 Å². The van der Waals surface area contributed by atoms with Gasteiger partial charge in [0, 0.05) is 29.8 Å². The highest BCUT2D eigenvalue weighted by atomic mass is 32.1. The molecule has 0 unspecified atom stereocenters. The molecule has 7 nitrogen and oxygen atoms in total. The van der Waals surface area contributed by atoms with Crippen molar-refractivity contribution in [3.63, 3.8) is 0 Å². The van der Waals surface area contributed by atoms with Crippen LogP contribution in [0.4, 0.5) is 0 Å². The number of thiazole rings is 1. The van der Waals surface area contributed by atoms with E-state index in [0.717, 1.165) is 35.4 Å². The summed E-state index contributed by atoms with van der Waals surface area (Å²) in [5, 5.41) is 11.7. The minimum Gasteiger partial charge on any atom is -0.489 e. The molecule has 40 heavy (non-hydrogen) atoms. The number of rotatable bonds is 12. The Morgan fingerprint density at radius 1 is 0.925 bits per heavy atom. The van der Waals surface area contributed by atoms with Crippen molar-refractivity contribution in [2.24, 2.45) is 0 Å². The maximum Gasteiger partial charge on any atom is 0.243 e. The van der Waals surface area contributed by atoms with Gasteiger partial charge in [-0.1, -0.05) is 61.7 Å². The van der Waals surface area contributed by atoms with Gasteiger partial charge in [0.2, 0.25) is 11.8 Å². The molecule has 0 bridgehead atoms. The normalized spacial score (nSPS) is 15.7. The molecule has 3 aromatic rings. The number of ether oxygens (including phenoxy) is 1. The van der Waals surface area contributed by atoms with Gasteiger partial charge in [-0.3, -0.25) is 9.59 Å². The van der Waals surface area contributed by atoms with Gasteiger partial charge >= 0.3 is 0 Å². The van der Waals surface area contributed by atoms with Crippen LogP contribution in [0.1, 0.15) is 69.7 Å². The van der Waals surface area contributed by atoms with E-state index in [4.69, 9.17) is 4.74 Å². The third-order valence-electron chi connectivity index (χ3n) is 7.00. The zero-order chi connectivity index (χ0) is 28.4. The molecule has 2 aromatic carbocycles. The van der Waals surface area contributed by atoms with Gasteiger partial charge < -0.3 is 20.7 Å². The first-order chi connectivity index (χ1) is 19.2. The summed E-state index contributed by atoms with van der Waals surface area (Å²) in [5.74, 6) is 0.387. The minimum absolute atomic E-state index is 0.171. The maximum absolute atomic E-state index is 13.7. The Balaban J connectivity index is 1.44. The molecule has 1 saturated carbocycles. The van der Waals surface area contributed by atoms with Gasteiger partial charge in [-0.15, -0.1) is 11.3 Å². The minimum atomic E-state index is -0.714. The Kier molecular flexibility index (Phi) is 10.7. The molecule has 2 amide bonds. The quantitative estimate of drug-likeness (QED) is 0.282. The van der Waals surface area contributed by atoms with Gasteiger partial charge in [0.1, 0.15) is 18.4 Å². The Labute approximate surface area is 242 Å². The average molecular weight is 563 g/mol. The van der Waals surface area contributed by atoms with Crippen LogP contribution in [-0.2, 0) is 29.0 Å². The number of hydrogen-bond acceptors (Lipinski definition) is 6. The summed E-state index contributed by atoms with van der Waals surface area (Å²) in [5.41, 5.74) is 4.29. The highest BCUT2D eigenvalue weighted by Crippen LogP contribution is 2.19. The number of carbonyl (C=O) groups is 2. The van der Waals surface area contributed by atoms with Crippen LogP contribution < -0.4 is 20.7 Å². The molecule has 0 spiro atoms. The summed E-state index contributed by atoms with van der Waals surface area (Å²) >= 11 is 1.52. The summed E-state index contributed by atoms with van der Waals surface area (Å²) < 4.78 is 5.92. The van der Waals surface area contributed by atoms with E-state index in [1.54, 1.807) is 5.51 Å². The molecular weight excluding hydrogens is 520 g/mol. The fraction of sp³-hybridized carbons (Fsp3) is 0.469. The molecule has 2 atom stereocenters. The van der Waals surface area contributed by atoms with E-state index in [0.29, 0.717) is 25.5 Å². The van der Waals surface area contributed by atoms with E-state index >= 15 is 0 Å². The van der Waals surface area contributed by atoms with Gasteiger partial charge in [0.15, 0.2) is 0 Å². The molecular formula is C32H42N4O3S. The second-order valence-electron chi connectivity index (χ2n) is 11.7. The molecule has 1 aliphatic rings. The van der Waals surface area contributed by atoms with Gasteiger partial charge in [0.25, 0.3) is 0 Å². The molecule has 1 fully saturated rings. The lowest BCUT2D eigenvalue weighted by molar-refractivity contribution is -0.131. The second-order valence-corrected chi connectivity index (χ2v) is 12.4. The Bertz CT molecular complexity index is 1190. The number of benzene rings is 2. The molecule has 214 valence electrons. The van der Waals surface area contributed by atoms with E-state index in [2.05, 4.69) is 20.9 Å². The van der Waals surface area contributed by atoms with Crippen molar-refractivity contribution in [2.75, 3.05) is 0 Å². The molecule has 1 aromatic heterocycles. The lowest BCUT2D eigenvalue weighted by Gasteiger charge is -2.30. The molecule has 0 saturated heterocycles. The van der Waals surface area contributed by atoms with E-state index in [1.165, 1.54) is 30.6 Å². The van der Waals surface area contributed by atoms with Crippen molar-refractivity contribution in [2.45, 2.75) is 96.0 Å². The van der Waals surface area contributed by atoms with Crippen LogP contribution in [0.5, 0.6) is 5.75 Å². The molecule has 8 heteroatoms. The smallest absolute Gasteiger partial charge is 0.243 e. The summed E-state index contributed by atoms with van der Waals surface area (Å²) in [7, 11) is 0. The first kappa shape index (κ1) is 29.7. The maximum atomic E-state index is 13.7. The van der Waals surface area contributed by atoms with Crippen molar-refractivity contribution in [3.05, 3.63) is 82.3 Å². The molecule has 1 heterocycles. The lowest BCUT2D eigenvalue weighted by atomic mass is 9.94. The zero-order valence-electron chi connectivity index (χ0n) is 23.8. The van der Waals surface area contributed by atoms with Gasteiger partial charge in [-0.05, 0) is 56.9 Å². The van der Waals surface area contributed by atoms with E-state index in [1.807, 2.05) is 80.7 Å². The Morgan fingerprint density at radius 2 is 1.65 bits per heavy atom. The number of hydrogen-bond donors (Lipinski definition) is 3. The number of nitrogens with zero attached hydrogens (tertiary/aromatic N) is 1. The SMILES string of the molecule is CC(C)(C)NC(=O)[C@@H](Cc1ccc(OCc2ccccc2)cc1)NC(=O)[C@@H](Cc1cscn1)NC1CCCCC1. The first-order valence-electron chi connectivity index (χ1n) is 14.3. The highest BCUT2D eigenvalue weighted by molar-refractivity contribution is 7.07. The van der Waals surface area contributed by atoms with E-state index in [9.17, 15) is 9.59 Å². The predicted molar refractivity (Wildman–Crippen MR) is 160 cm³/mol. The predicted octanol–water partition coefficient (Wildman–Crippen LogP) is 5.20. The highest BCUT2D eigenvalue weighted by Gasteiger charge is 2.30. The van der Waals surface area contributed by atoms with E-state index < -0.39 is 17.6 Å². The average Bonchev–Trinajstić information content (AvgIpc) is 3.45. The van der Waals surface area contributed by atoms with Crippen LogP contribution in [0.2, 0.25) is 0 Å². The Hall–Kier alpha value is -3.23. The van der Waals surface area contributed by atoms with Crippen LogP contribution >= 0.6 is 11.3 Å². The number of nitrogens with one attached hydrogen (secondary N) is 3. The number of carbonyl (C=O) groups excluding carboxylic acids is 2. The van der Waals surface area contributed by atoms with Crippen LogP contribution in [-0.4, -0.2) is 40.5 Å². The van der Waals surface area contributed by atoms with Crippen LogP contribution in [0.15, 0.2) is 65.5 Å². The van der Waals surface area contributed by atoms with E-state index in [-0.39, 0.29) is 11.8 Å². The standard InChI is InChI=1S/C32H42N4O3S/c1-32(2,3)36-31(38)28(18-23-14-16-27(17-15-23)39-20-24-10-6-4-7-11-24)35-30(37)29(19-26-21-40-22-33-26)34-25-12-8-5-9-13-25/h4,6-7,10-11,14-17,21-22,25,28-29,34H,5,8-9,12-13,18-20H2,1-3H3,(H,35,37)(H,36,38)/t28-,29-/m1/s1. The fourth-order valence-corrected chi connectivity index (χ4v) is 5.54. The van der Waals surface area contributed by atoms with Crippen LogP contribution in [0, 0.1) is 0 Å². The fourth-order valence-electron chi connectivity index (χ4n) is 4.97. The lowest BCUT2D eigenvalue weighted by Crippen LogP contribution is -2.57. The number of amides is 2. The van der Waals surface area contributed by atoms with Gasteiger partial charge in [0.05, 0.1) is 17.2 Å². The Morgan fingerprint density at radius 3 is 2.30 bits per heavy atom. The molecule has 3 N–H and O–H groups in total. The second kappa shape index (κ2) is 14.4. The van der Waals surface area contributed by atoms with Crippen molar-refractivity contribution < 1.29 is 14.3 Å². The van der Waals surface area contributed by atoms with Crippen molar-refractivity contribution in [3.8, 4) is 5.75 Å². The summed E-state index contributed by atoms with van der Waals surface area (Å²) in [4.78, 5) is 31.5. The monoisotopic (exact) mass is 562 g/mol. The molecule has 1 aliphatic carbocycles. The third-order valence-corrected chi connectivity index (χ3v) is 7.63. The van der Waals surface area contributed by atoms with Crippen molar-refractivity contribution >= 4 is 23.2 Å². The zero-order valence-corrected chi connectivity index (χ0v) is 24.6. The van der Waals surface area contributed by atoms with Gasteiger partial charge in [-0.25, -0.2) is 4.98 Å². The van der Waals surface area contributed by atoms with Gasteiger partial charge in [-0.2, -0.15) is 0 Å². The molecule has 0 radical (unpaired) electrons.